The van der Waals surface area contributed by atoms with Gasteiger partial charge in [0.25, 0.3) is 0 Å². The monoisotopic (exact) mass is 371 g/mol. The first-order chi connectivity index (χ1) is 10.2. The average molecular weight is 372 g/mol. The standard InChI is InChI=1S/C15H22BrN3OS/c1-19(13-5-6-13)15(17)18-7-9-21-10-8-20-14-4-2-3-12(16)11-14/h2-4,11,13H,5-10H2,1H3,(H2,17,18). The molecular weight excluding hydrogens is 350 g/mol. The first-order valence-corrected chi connectivity index (χ1v) is 9.10. The fourth-order valence-corrected chi connectivity index (χ4v) is 2.87. The van der Waals surface area contributed by atoms with Crippen LogP contribution >= 0.6 is 27.7 Å². The van der Waals surface area contributed by atoms with Crippen LogP contribution in [0.2, 0.25) is 0 Å². The predicted octanol–water partition coefficient (Wildman–Crippen LogP) is 2.97. The molecule has 1 aromatic rings. The molecule has 0 atom stereocenters. The van der Waals surface area contributed by atoms with E-state index in [1.165, 1.54) is 12.8 Å². The second kappa shape index (κ2) is 8.54. The van der Waals surface area contributed by atoms with Gasteiger partial charge in [-0.05, 0) is 31.0 Å². The van der Waals surface area contributed by atoms with Crippen molar-refractivity contribution in [2.45, 2.75) is 18.9 Å². The Balaban J connectivity index is 1.53. The Morgan fingerprint density at radius 1 is 1.48 bits per heavy atom. The van der Waals surface area contributed by atoms with E-state index in [9.17, 15) is 0 Å². The van der Waals surface area contributed by atoms with Gasteiger partial charge in [0.2, 0.25) is 0 Å². The van der Waals surface area contributed by atoms with Gasteiger partial charge < -0.3 is 15.4 Å². The zero-order chi connectivity index (χ0) is 15.1. The summed E-state index contributed by atoms with van der Waals surface area (Å²) in [4.78, 5) is 6.49. The van der Waals surface area contributed by atoms with Crippen LogP contribution in [0.15, 0.2) is 33.7 Å². The van der Waals surface area contributed by atoms with Crippen LogP contribution in [0.1, 0.15) is 12.8 Å². The topological polar surface area (TPSA) is 50.8 Å². The van der Waals surface area contributed by atoms with Crippen LogP contribution in [0, 0.1) is 0 Å². The number of hydrogen-bond donors (Lipinski definition) is 1. The fourth-order valence-electron chi connectivity index (χ4n) is 1.86. The number of nitrogens with zero attached hydrogens (tertiary/aromatic N) is 2. The van der Waals surface area contributed by atoms with Gasteiger partial charge in [-0.15, -0.1) is 0 Å². The minimum atomic E-state index is 0.625. The van der Waals surface area contributed by atoms with E-state index in [1.54, 1.807) is 0 Å². The van der Waals surface area contributed by atoms with Crippen LogP contribution in [-0.4, -0.2) is 48.6 Å². The first kappa shape index (κ1) is 16.5. The normalized spacial score (nSPS) is 15.0. The number of aliphatic imine (C=N–C) groups is 1. The molecular formula is C15H22BrN3OS. The Bertz CT molecular complexity index is 480. The number of ether oxygens (including phenoxy) is 1. The first-order valence-electron chi connectivity index (χ1n) is 7.15. The summed E-state index contributed by atoms with van der Waals surface area (Å²) in [5.74, 6) is 3.50. The molecule has 0 spiro atoms. The third-order valence-electron chi connectivity index (χ3n) is 3.26. The van der Waals surface area contributed by atoms with Gasteiger partial charge in [0, 0.05) is 29.1 Å². The average Bonchev–Trinajstić information content (AvgIpc) is 3.30. The molecule has 2 N–H and O–H groups in total. The molecule has 116 valence electrons. The number of hydrogen-bond acceptors (Lipinski definition) is 3. The molecule has 1 saturated carbocycles. The van der Waals surface area contributed by atoms with Crippen LogP contribution in [0.4, 0.5) is 0 Å². The summed E-state index contributed by atoms with van der Waals surface area (Å²) >= 11 is 5.27. The number of nitrogens with two attached hydrogens (primary N) is 1. The van der Waals surface area contributed by atoms with Crippen LogP contribution in [-0.2, 0) is 0 Å². The number of thioether (sulfide) groups is 1. The largest absolute Gasteiger partial charge is 0.493 e. The Morgan fingerprint density at radius 3 is 3.00 bits per heavy atom. The molecule has 0 aromatic heterocycles. The molecule has 0 saturated heterocycles. The minimum absolute atomic E-state index is 0.625. The predicted molar refractivity (Wildman–Crippen MR) is 94.2 cm³/mol. The number of halogens is 1. The lowest BCUT2D eigenvalue weighted by Gasteiger charge is -2.16. The van der Waals surface area contributed by atoms with Crippen LogP contribution < -0.4 is 10.5 Å². The van der Waals surface area contributed by atoms with Crippen molar-refractivity contribution in [1.29, 1.82) is 0 Å². The van der Waals surface area contributed by atoms with Gasteiger partial charge in [-0.1, -0.05) is 22.0 Å². The molecule has 0 heterocycles. The van der Waals surface area contributed by atoms with Crippen molar-refractivity contribution in [3.63, 3.8) is 0 Å². The van der Waals surface area contributed by atoms with Crippen LogP contribution in [0.25, 0.3) is 0 Å². The number of rotatable bonds is 8. The van der Waals surface area contributed by atoms with Crippen LogP contribution in [0.5, 0.6) is 5.75 Å². The van der Waals surface area contributed by atoms with Gasteiger partial charge in [-0.2, -0.15) is 11.8 Å². The summed E-state index contributed by atoms with van der Waals surface area (Å²) in [7, 11) is 2.02. The molecule has 0 aliphatic heterocycles. The van der Waals surface area contributed by atoms with Crippen molar-refractivity contribution < 1.29 is 4.74 Å². The maximum atomic E-state index is 5.93. The Hall–Kier alpha value is -0.880. The minimum Gasteiger partial charge on any atom is -0.493 e. The third-order valence-corrected chi connectivity index (χ3v) is 4.68. The van der Waals surface area contributed by atoms with E-state index < -0.39 is 0 Å². The number of guanidine groups is 1. The summed E-state index contributed by atoms with van der Waals surface area (Å²) in [6.07, 6.45) is 2.49. The zero-order valence-electron chi connectivity index (χ0n) is 12.3. The quantitative estimate of drug-likeness (QED) is 0.433. The highest BCUT2D eigenvalue weighted by Crippen LogP contribution is 2.24. The van der Waals surface area contributed by atoms with E-state index in [0.29, 0.717) is 18.6 Å². The lowest BCUT2D eigenvalue weighted by atomic mass is 10.3. The SMILES string of the molecule is CN(C(N)=NCCSCCOc1cccc(Br)c1)C1CC1. The Morgan fingerprint density at radius 2 is 2.29 bits per heavy atom. The summed E-state index contributed by atoms with van der Waals surface area (Å²) in [6.45, 7) is 1.48. The molecule has 21 heavy (non-hydrogen) atoms. The lowest BCUT2D eigenvalue weighted by Crippen LogP contribution is -2.35. The van der Waals surface area contributed by atoms with Gasteiger partial charge >= 0.3 is 0 Å². The maximum absolute atomic E-state index is 5.93. The molecule has 0 amide bonds. The van der Waals surface area contributed by atoms with E-state index >= 15 is 0 Å². The second-order valence-corrected chi connectivity index (χ2v) is 7.14. The van der Waals surface area contributed by atoms with Crippen molar-refractivity contribution in [2.24, 2.45) is 10.7 Å². The molecule has 2 rings (SSSR count). The van der Waals surface area contributed by atoms with Gasteiger partial charge in [0.05, 0.1) is 13.2 Å². The van der Waals surface area contributed by atoms with Gasteiger partial charge in [0.1, 0.15) is 5.75 Å². The molecule has 1 aliphatic carbocycles. The third kappa shape index (κ3) is 6.18. The number of benzene rings is 1. The summed E-state index contributed by atoms with van der Waals surface area (Å²) in [6, 6.07) is 8.53. The molecule has 4 nitrogen and oxygen atoms in total. The molecule has 0 unspecified atom stereocenters. The summed E-state index contributed by atoms with van der Waals surface area (Å²) in [5.41, 5.74) is 5.93. The Labute approximate surface area is 139 Å². The van der Waals surface area contributed by atoms with Gasteiger partial charge in [-0.3, -0.25) is 4.99 Å². The molecule has 1 aromatic carbocycles. The van der Waals surface area contributed by atoms with Gasteiger partial charge in [-0.25, -0.2) is 0 Å². The van der Waals surface area contributed by atoms with Crippen molar-refractivity contribution in [3.8, 4) is 5.75 Å². The van der Waals surface area contributed by atoms with Crippen molar-refractivity contribution in [2.75, 3.05) is 31.7 Å². The van der Waals surface area contributed by atoms with Crippen LogP contribution in [0.3, 0.4) is 0 Å². The maximum Gasteiger partial charge on any atom is 0.191 e. The highest BCUT2D eigenvalue weighted by atomic mass is 79.9. The second-order valence-electron chi connectivity index (χ2n) is 5.00. The van der Waals surface area contributed by atoms with E-state index in [1.807, 2.05) is 43.1 Å². The van der Waals surface area contributed by atoms with E-state index in [2.05, 4.69) is 25.8 Å². The van der Waals surface area contributed by atoms with Crippen molar-refractivity contribution >= 4 is 33.7 Å². The smallest absolute Gasteiger partial charge is 0.191 e. The summed E-state index contributed by atoms with van der Waals surface area (Å²) < 4.78 is 6.71. The lowest BCUT2D eigenvalue weighted by molar-refractivity contribution is 0.344. The zero-order valence-corrected chi connectivity index (χ0v) is 14.7. The molecule has 0 bridgehead atoms. The molecule has 6 heteroatoms. The van der Waals surface area contributed by atoms with E-state index in [4.69, 9.17) is 10.5 Å². The molecule has 1 fully saturated rings. The fraction of sp³-hybridized carbons (Fsp3) is 0.533. The van der Waals surface area contributed by atoms with E-state index in [-0.39, 0.29) is 0 Å². The Kier molecular flexibility index (Phi) is 6.70. The molecule has 1 aliphatic rings. The van der Waals surface area contributed by atoms with E-state index in [0.717, 1.165) is 28.3 Å². The summed E-state index contributed by atoms with van der Waals surface area (Å²) in [5, 5.41) is 0. The molecule has 0 radical (unpaired) electrons. The highest BCUT2D eigenvalue weighted by molar-refractivity contribution is 9.10. The van der Waals surface area contributed by atoms with Crippen molar-refractivity contribution in [1.82, 2.24) is 4.90 Å². The van der Waals surface area contributed by atoms with Crippen molar-refractivity contribution in [3.05, 3.63) is 28.7 Å². The highest BCUT2D eigenvalue weighted by Gasteiger charge is 2.27. The van der Waals surface area contributed by atoms with Gasteiger partial charge in [0.15, 0.2) is 5.96 Å².